The maximum Gasteiger partial charge on any atom is 0.417 e. The van der Waals surface area contributed by atoms with Crippen molar-refractivity contribution in [3.8, 4) is 0 Å². The number of aromatic nitrogens is 1. The summed E-state index contributed by atoms with van der Waals surface area (Å²) in [6, 6.07) is 9.52. The van der Waals surface area contributed by atoms with Crippen LogP contribution in [-0.2, 0) is 25.7 Å². The van der Waals surface area contributed by atoms with Gasteiger partial charge < -0.3 is 10.1 Å². The molecule has 15 heteroatoms. The fourth-order valence-corrected chi connectivity index (χ4v) is 4.48. The molecule has 37 heavy (non-hydrogen) atoms. The first-order valence-electron chi connectivity index (χ1n) is 10.00. The van der Waals surface area contributed by atoms with Crippen LogP contribution >= 0.6 is 34.8 Å². The van der Waals surface area contributed by atoms with E-state index in [1.807, 2.05) is 0 Å². The Hall–Kier alpha value is -3.06. The van der Waals surface area contributed by atoms with Crippen molar-refractivity contribution in [2.45, 2.75) is 24.1 Å². The molecule has 0 fully saturated rings. The number of pyridine rings is 1. The molecule has 2 aromatic carbocycles. The van der Waals surface area contributed by atoms with Gasteiger partial charge in [-0.1, -0.05) is 40.9 Å². The Morgan fingerprint density at radius 3 is 2.38 bits per heavy atom. The summed E-state index contributed by atoms with van der Waals surface area (Å²) in [6.07, 6.45) is -5.65. The highest BCUT2D eigenvalue weighted by Crippen LogP contribution is 2.32. The minimum atomic E-state index is -4.68. The number of rotatable bonds is 7. The average molecular weight is 597 g/mol. The number of benzene rings is 2. The molecule has 1 aromatic heterocycles. The highest BCUT2D eigenvalue weighted by molar-refractivity contribution is 7.92. The van der Waals surface area contributed by atoms with Gasteiger partial charge in [0.05, 0.1) is 31.8 Å². The van der Waals surface area contributed by atoms with E-state index in [-0.39, 0.29) is 32.0 Å². The number of esters is 1. The summed E-state index contributed by atoms with van der Waals surface area (Å²) in [5.41, 5.74) is -1.30. The number of hydrogen-bond acceptors (Lipinski definition) is 6. The van der Waals surface area contributed by atoms with E-state index in [0.717, 1.165) is 6.07 Å². The van der Waals surface area contributed by atoms with E-state index in [1.54, 1.807) is 0 Å². The predicted molar refractivity (Wildman–Crippen MR) is 131 cm³/mol. The molecule has 8 nitrogen and oxygen atoms in total. The second-order valence-electron chi connectivity index (χ2n) is 7.35. The number of alkyl halides is 3. The minimum Gasteiger partial charge on any atom is -0.449 e. The smallest absolute Gasteiger partial charge is 0.417 e. The number of amides is 1. The second kappa shape index (κ2) is 11.1. The van der Waals surface area contributed by atoms with Crippen LogP contribution < -0.4 is 10.0 Å². The van der Waals surface area contributed by atoms with Crippen molar-refractivity contribution < 1.29 is 35.9 Å². The third-order valence-electron chi connectivity index (χ3n) is 4.62. The highest BCUT2D eigenvalue weighted by Gasteiger charge is 2.32. The van der Waals surface area contributed by atoms with Crippen LogP contribution in [-0.4, -0.2) is 31.4 Å². The lowest BCUT2D eigenvalue weighted by atomic mass is 10.2. The van der Waals surface area contributed by atoms with Gasteiger partial charge in [-0.05, 0) is 49.4 Å². The van der Waals surface area contributed by atoms with E-state index in [2.05, 4.69) is 15.0 Å². The lowest BCUT2D eigenvalue weighted by Gasteiger charge is -2.15. The molecule has 1 amide bonds. The fourth-order valence-electron chi connectivity index (χ4n) is 2.75. The Bertz CT molecular complexity index is 1470. The highest BCUT2D eigenvalue weighted by atomic mass is 35.5. The summed E-state index contributed by atoms with van der Waals surface area (Å²) in [5, 5.41) is 2.01. The number of nitrogens with zero attached hydrogens (tertiary/aromatic N) is 1. The van der Waals surface area contributed by atoms with Gasteiger partial charge in [-0.3, -0.25) is 9.52 Å². The molecule has 3 aromatic rings. The van der Waals surface area contributed by atoms with Crippen molar-refractivity contribution in [2.75, 3.05) is 10.0 Å². The first kappa shape index (κ1) is 28.5. The molecule has 1 atom stereocenters. The summed E-state index contributed by atoms with van der Waals surface area (Å²) < 4.78 is 71.1. The standard InChI is InChI=1S/C22H15Cl3F3N3O5S/c1-11(20(32)30-19-17(25)8-13(10-29-19)22(26,27)28)36-21(33)12-3-2-4-15(7-12)37(34,35)31-18-9-14(23)5-6-16(18)24/h2-11,31H,1H3,(H,29,30,32)/t11-/m1/s1. The molecule has 0 aliphatic rings. The van der Waals surface area contributed by atoms with Crippen molar-refractivity contribution in [3.05, 3.63) is 80.9 Å². The van der Waals surface area contributed by atoms with Crippen molar-refractivity contribution in [1.82, 2.24) is 4.98 Å². The predicted octanol–water partition coefficient (Wildman–Crippen LogP) is 6.05. The second-order valence-corrected chi connectivity index (χ2v) is 10.3. The Morgan fingerprint density at radius 1 is 1.03 bits per heavy atom. The first-order valence-corrected chi connectivity index (χ1v) is 12.6. The molecule has 0 aliphatic heterocycles. The van der Waals surface area contributed by atoms with Gasteiger partial charge >= 0.3 is 12.1 Å². The SMILES string of the molecule is C[C@@H](OC(=O)c1cccc(S(=O)(=O)Nc2cc(Cl)ccc2Cl)c1)C(=O)Nc1ncc(C(F)(F)F)cc1Cl. The summed E-state index contributed by atoms with van der Waals surface area (Å²) in [6.45, 7) is 1.19. The van der Waals surface area contributed by atoms with Gasteiger partial charge in [-0.15, -0.1) is 0 Å². The van der Waals surface area contributed by atoms with Crippen LogP contribution in [0.4, 0.5) is 24.7 Å². The van der Waals surface area contributed by atoms with Crippen molar-refractivity contribution in [1.29, 1.82) is 0 Å². The van der Waals surface area contributed by atoms with Crippen LogP contribution in [0.25, 0.3) is 0 Å². The van der Waals surface area contributed by atoms with Gasteiger partial charge in [0.25, 0.3) is 15.9 Å². The van der Waals surface area contributed by atoms with Crippen LogP contribution in [0.2, 0.25) is 15.1 Å². The lowest BCUT2D eigenvalue weighted by Crippen LogP contribution is -2.30. The van der Waals surface area contributed by atoms with Gasteiger partial charge in [-0.25, -0.2) is 18.2 Å². The maximum absolute atomic E-state index is 12.8. The van der Waals surface area contributed by atoms with E-state index < -0.39 is 44.8 Å². The number of nitrogens with one attached hydrogen (secondary N) is 2. The lowest BCUT2D eigenvalue weighted by molar-refractivity contribution is -0.137. The monoisotopic (exact) mass is 595 g/mol. The first-order chi connectivity index (χ1) is 17.2. The molecular formula is C22H15Cl3F3N3O5S. The van der Waals surface area contributed by atoms with Crippen LogP contribution in [0.1, 0.15) is 22.8 Å². The molecule has 0 aliphatic carbocycles. The van der Waals surface area contributed by atoms with E-state index in [9.17, 15) is 31.2 Å². The van der Waals surface area contributed by atoms with E-state index in [1.165, 1.54) is 43.3 Å². The quantitative estimate of drug-likeness (QED) is 0.321. The largest absolute Gasteiger partial charge is 0.449 e. The molecule has 0 spiro atoms. The van der Waals surface area contributed by atoms with Crippen LogP contribution in [0, 0.1) is 0 Å². The zero-order chi connectivity index (χ0) is 27.5. The average Bonchev–Trinajstić information content (AvgIpc) is 2.81. The Morgan fingerprint density at radius 2 is 1.73 bits per heavy atom. The molecule has 0 bridgehead atoms. The number of carbonyl (C=O) groups excluding carboxylic acids is 2. The van der Waals surface area contributed by atoms with E-state index >= 15 is 0 Å². The van der Waals surface area contributed by atoms with Gasteiger partial charge in [0, 0.05) is 11.2 Å². The summed E-state index contributed by atoms with van der Waals surface area (Å²) in [4.78, 5) is 28.1. The zero-order valence-electron chi connectivity index (χ0n) is 18.4. The van der Waals surface area contributed by atoms with Gasteiger partial charge in [0.1, 0.15) is 0 Å². The number of hydrogen-bond donors (Lipinski definition) is 2. The molecule has 0 saturated heterocycles. The number of carbonyl (C=O) groups is 2. The summed E-state index contributed by atoms with van der Waals surface area (Å²) in [7, 11) is -4.20. The molecule has 1 heterocycles. The molecule has 3 rings (SSSR count). The van der Waals surface area contributed by atoms with Crippen molar-refractivity contribution in [2.24, 2.45) is 0 Å². The molecule has 0 saturated carbocycles. The molecule has 2 N–H and O–H groups in total. The maximum atomic E-state index is 12.8. The number of anilines is 2. The Kier molecular flexibility index (Phi) is 8.58. The van der Waals surface area contributed by atoms with Crippen LogP contribution in [0.15, 0.2) is 59.6 Å². The third kappa shape index (κ3) is 7.25. The number of sulfonamides is 1. The van der Waals surface area contributed by atoms with E-state index in [4.69, 9.17) is 39.5 Å². The number of ether oxygens (including phenoxy) is 1. The van der Waals surface area contributed by atoms with Gasteiger partial charge in [0.15, 0.2) is 11.9 Å². The molecule has 0 radical (unpaired) electrons. The van der Waals surface area contributed by atoms with Crippen LogP contribution in [0.5, 0.6) is 0 Å². The minimum absolute atomic E-state index is 0.0166. The molecule has 196 valence electrons. The Labute approximate surface area is 223 Å². The fraction of sp³-hybridized carbons (Fsp3) is 0.136. The van der Waals surface area contributed by atoms with Gasteiger partial charge in [-0.2, -0.15) is 13.2 Å². The topological polar surface area (TPSA) is 114 Å². The van der Waals surface area contributed by atoms with Crippen molar-refractivity contribution in [3.63, 3.8) is 0 Å². The Balaban J connectivity index is 1.71. The normalized spacial score (nSPS) is 12.5. The zero-order valence-corrected chi connectivity index (χ0v) is 21.5. The van der Waals surface area contributed by atoms with Crippen LogP contribution in [0.3, 0.4) is 0 Å². The number of halogens is 6. The summed E-state index contributed by atoms with van der Waals surface area (Å²) in [5.74, 6) is -2.36. The van der Waals surface area contributed by atoms with Crippen molar-refractivity contribution >= 4 is 68.2 Å². The van der Waals surface area contributed by atoms with E-state index in [0.29, 0.717) is 12.3 Å². The molecular weight excluding hydrogens is 582 g/mol. The van der Waals surface area contributed by atoms with Gasteiger partial charge in [0.2, 0.25) is 0 Å². The summed E-state index contributed by atoms with van der Waals surface area (Å²) >= 11 is 17.6. The molecule has 0 unspecified atom stereocenters. The third-order valence-corrected chi connectivity index (χ3v) is 6.83.